The van der Waals surface area contributed by atoms with Crippen LogP contribution in [0.25, 0.3) is 16.9 Å². The quantitative estimate of drug-likeness (QED) is 0.511. The van der Waals surface area contributed by atoms with Crippen LogP contribution in [0.1, 0.15) is 34.3 Å². The minimum atomic E-state index is -0.00548. The molecular formula is C24H23N5O. The molecule has 2 heterocycles. The highest BCUT2D eigenvalue weighted by atomic mass is 16.1. The highest BCUT2D eigenvalue weighted by Crippen LogP contribution is 2.25. The van der Waals surface area contributed by atoms with Crippen LogP contribution in [-0.4, -0.2) is 26.3 Å². The average molecular weight is 397 g/mol. The standard InChI is InChI=1S/C24H23N5O/c1-16-4-2-3-5-19(16)14-26-22-23-27-15-21(29(23)13-12-25-22)17-6-8-18(9-7-17)24(30)28-20-10-11-20/h2-9,12-13,15,20H,10-11,14H2,1H3,(H,25,26)(H,28,30). The molecule has 6 nitrogen and oxygen atoms in total. The number of carbonyl (C=O) groups excluding carboxylic acids is 1. The van der Waals surface area contributed by atoms with Crippen LogP contribution in [0, 0.1) is 6.92 Å². The van der Waals surface area contributed by atoms with Crippen molar-refractivity contribution in [2.75, 3.05) is 5.32 Å². The Hall–Kier alpha value is -3.67. The van der Waals surface area contributed by atoms with Gasteiger partial charge < -0.3 is 10.6 Å². The first-order chi connectivity index (χ1) is 14.7. The van der Waals surface area contributed by atoms with E-state index in [9.17, 15) is 4.79 Å². The lowest BCUT2D eigenvalue weighted by Gasteiger charge is -2.10. The van der Waals surface area contributed by atoms with E-state index in [0.717, 1.165) is 35.6 Å². The lowest BCUT2D eigenvalue weighted by atomic mass is 10.1. The number of fused-ring (bicyclic) bond motifs is 1. The number of nitrogens with zero attached hydrogens (tertiary/aromatic N) is 3. The summed E-state index contributed by atoms with van der Waals surface area (Å²) in [5.41, 5.74) is 5.89. The SMILES string of the molecule is Cc1ccccc1CNc1nccn2c(-c3ccc(C(=O)NC4CC4)cc3)cnc12. The number of hydrogen-bond acceptors (Lipinski definition) is 4. The van der Waals surface area contributed by atoms with Gasteiger partial charge in [0.05, 0.1) is 11.9 Å². The number of rotatable bonds is 6. The van der Waals surface area contributed by atoms with Gasteiger partial charge in [-0.2, -0.15) is 0 Å². The first kappa shape index (κ1) is 18.4. The topological polar surface area (TPSA) is 71.3 Å². The lowest BCUT2D eigenvalue weighted by molar-refractivity contribution is 0.0951. The van der Waals surface area contributed by atoms with Crippen LogP contribution in [0.2, 0.25) is 0 Å². The van der Waals surface area contributed by atoms with Crippen molar-refractivity contribution in [3.63, 3.8) is 0 Å². The van der Waals surface area contributed by atoms with Crippen LogP contribution in [-0.2, 0) is 6.54 Å². The fourth-order valence-electron chi connectivity index (χ4n) is 3.53. The molecule has 0 atom stereocenters. The van der Waals surface area contributed by atoms with Gasteiger partial charge >= 0.3 is 0 Å². The van der Waals surface area contributed by atoms with E-state index in [4.69, 9.17) is 0 Å². The third kappa shape index (κ3) is 3.64. The highest BCUT2D eigenvalue weighted by Gasteiger charge is 2.23. The van der Waals surface area contributed by atoms with Crippen molar-refractivity contribution in [1.29, 1.82) is 0 Å². The fourth-order valence-corrected chi connectivity index (χ4v) is 3.53. The summed E-state index contributed by atoms with van der Waals surface area (Å²) in [6.07, 6.45) is 7.69. The van der Waals surface area contributed by atoms with Crippen LogP contribution >= 0.6 is 0 Å². The van der Waals surface area contributed by atoms with E-state index < -0.39 is 0 Å². The molecule has 0 radical (unpaired) electrons. The molecule has 5 rings (SSSR count). The summed E-state index contributed by atoms with van der Waals surface area (Å²) in [4.78, 5) is 21.3. The Morgan fingerprint density at radius 1 is 1.10 bits per heavy atom. The summed E-state index contributed by atoms with van der Waals surface area (Å²) in [5.74, 6) is 0.738. The van der Waals surface area contributed by atoms with Gasteiger partial charge in [-0.15, -0.1) is 0 Å². The first-order valence-electron chi connectivity index (χ1n) is 10.2. The van der Waals surface area contributed by atoms with Gasteiger partial charge in [0.1, 0.15) is 0 Å². The Labute approximate surface area is 175 Å². The van der Waals surface area contributed by atoms with Gasteiger partial charge in [-0.25, -0.2) is 9.97 Å². The van der Waals surface area contributed by atoms with Crippen LogP contribution in [0.3, 0.4) is 0 Å². The molecule has 0 unspecified atom stereocenters. The summed E-state index contributed by atoms with van der Waals surface area (Å²) < 4.78 is 2.02. The zero-order valence-corrected chi connectivity index (χ0v) is 16.8. The third-order valence-corrected chi connectivity index (χ3v) is 5.49. The molecule has 150 valence electrons. The van der Waals surface area contributed by atoms with Gasteiger partial charge in [0.2, 0.25) is 0 Å². The molecule has 30 heavy (non-hydrogen) atoms. The van der Waals surface area contributed by atoms with E-state index in [1.807, 2.05) is 53.2 Å². The predicted molar refractivity (Wildman–Crippen MR) is 117 cm³/mol. The Bertz CT molecular complexity index is 1210. The van der Waals surface area contributed by atoms with Crippen molar-refractivity contribution >= 4 is 17.4 Å². The zero-order chi connectivity index (χ0) is 20.5. The molecular weight excluding hydrogens is 374 g/mol. The minimum absolute atomic E-state index is 0.00548. The van der Waals surface area contributed by atoms with E-state index >= 15 is 0 Å². The second kappa shape index (κ2) is 7.63. The van der Waals surface area contributed by atoms with E-state index in [1.165, 1.54) is 11.1 Å². The maximum Gasteiger partial charge on any atom is 0.251 e. The van der Waals surface area contributed by atoms with Crippen LogP contribution in [0.4, 0.5) is 5.82 Å². The maximum atomic E-state index is 12.2. The number of carbonyl (C=O) groups is 1. The second-order valence-corrected chi connectivity index (χ2v) is 7.72. The van der Waals surface area contributed by atoms with Gasteiger partial charge in [-0.3, -0.25) is 9.20 Å². The number of imidazole rings is 1. The molecule has 4 aromatic rings. The normalized spacial score (nSPS) is 13.4. The van der Waals surface area contributed by atoms with Crippen molar-refractivity contribution in [2.45, 2.75) is 32.4 Å². The third-order valence-electron chi connectivity index (χ3n) is 5.49. The second-order valence-electron chi connectivity index (χ2n) is 7.72. The Kier molecular flexibility index (Phi) is 4.67. The molecule has 0 spiro atoms. The Morgan fingerprint density at radius 2 is 1.90 bits per heavy atom. The van der Waals surface area contributed by atoms with Crippen LogP contribution in [0.15, 0.2) is 67.1 Å². The smallest absolute Gasteiger partial charge is 0.251 e. The summed E-state index contributed by atoms with van der Waals surface area (Å²) in [6, 6.07) is 16.3. The van der Waals surface area contributed by atoms with Gasteiger partial charge in [0.15, 0.2) is 11.5 Å². The monoisotopic (exact) mass is 397 g/mol. The number of anilines is 1. The molecule has 1 aliphatic rings. The van der Waals surface area contributed by atoms with Gasteiger partial charge in [0, 0.05) is 36.1 Å². The Morgan fingerprint density at radius 3 is 2.67 bits per heavy atom. The van der Waals surface area contributed by atoms with E-state index in [-0.39, 0.29) is 5.91 Å². The summed E-state index contributed by atoms with van der Waals surface area (Å²) in [7, 11) is 0. The fraction of sp³-hybridized carbons (Fsp3) is 0.208. The molecule has 2 N–H and O–H groups in total. The number of amides is 1. The zero-order valence-electron chi connectivity index (χ0n) is 16.8. The van der Waals surface area contributed by atoms with Gasteiger partial charge in [0.25, 0.3) is 5.91 Å². The van der Waals surface area contributed by atoms with E-state index in [0.29, 0.717) is 18.2 Å². The minimum Gasteiger partial charge on any atom is -0.363 e. The van der Waals surface area contributed by atoms with Crippen LogP contribution in [0.5, 0.6) is 0 Å². The van der Waals surface area contributed by atoms with Crippen molar-refractivity contribution in [2.24, 2.45) is 0 Å². The number of hydrogen-bond donors (Lipinski definition) is 2. The Balaban J connectivity index is 1.39. The molecule has 0 aliphatic heterocycles. The molecule has 1 fully saturated rings. The molecule has 1 saturated carbocycles. The lowest BCUT2D eigenvalue weighted by Crippen LogP contribution is -2.25. The maximum absolute atomic E-state index is 12.2. The van der Waals surface area contributed by atoms with E-state index in [2.05, 4.69) is 39.7 Å². The summed E-state index contributed by atoms with van der Waals surface area (Å²) in [6.45, 7) is 2.79. The molecule has 1 amide bonds. The molecule has 1 aliphatic carbocycles. The first-order valence-corrected chi connectivity index (χ1v) is 10.2. The summed E-state index contributed by atoms with van der Waals surface area (Å²) >= 11 is 0. The molecule has 0 bridgehead atoms. The molecule has 2 aromatic carbocycles. The average Bonchev–Trinajstić information content (AvgIpc) is 3.48. The molecule has 2 aromatic heterocycles. The predicted octanol–water partition coefficient (Wildman–Crippen LogP) is 4.21. The van der Waals surface area contributed by atoms with Crippen molar-refractivity contribution in [1.82, 2.24) is 19.7 Å². The summed E-state index contributed by atoms with van der Waals surface area (Å²) in [5, 5.41) is 6.43. The van der Waals surface area contributed by atoms with Gasteiger partial charge in [-0.1, -0.05) is 36.4 Å². The highest BCUT2D eigenvalue weighted by molar-refractivity contribution is 5.95. The number of aryl methyl sites for hydroxylation is 1. The van der Waals surface area contributed by atoms with E-state index in [1.54, 1.807) is 6.20 Å². The van der Waals surface area contributed by atoms with Crippen molar-refractivity contribution in [3.8, 4) is 11.3 Å². The molecule has 0 saturated heterocycles. The van der Waals surface area contributed by atoms with Crippen molar-refractivity contribution in [3.05, 3.63) is 83.8 Å². The number of benzene rings is 2. The molecule has 6 heteroatoms. The number of nitrogens with one attached hydrogen (secondary N) is 2. The largest absolute Gasteiger partial charge is 0.363 e. The number of aromatic nitrogens is 3. The van der Waals surface area contributed by atoms with Gasteiger partial charge in [-0.05, 0) is 43.0 Å². The van der Waals surface area contributed by atoms with Crippen molar-refractivity contribution < 1.29 is 4.79 Å². The van der Waals surface area contributed by atoms with Crippen LogP contribution < -0.4 is 10.6 Å².